The summed E-state index contributed by atoms with van der Waals surface area (Å²) >= 11 is 5.47. The highest BCUT2D eigenvalue weighted by atomic mass is 35.5. The Morgan fingerprint density at radius 1 is 1.25 bits per heavy atom. The van der Waals surface area contributed by atoms with Crippen LogP contribution in [0.25, 0.3) is 0 Å². The Morgan fingerprint density at radius 3 is 2.31 bits per heavy atom. The fraction of sp³-hybridized carbons (Fsp3) is 0.417. The van der Waals surface area contributed by atoms with Crippen LogP contribution in [0.4, 0.5) is 5.69 Å². The number of halogens is 1. The first kappa shape index (κ1) is 14.9. The molecule has 1 aromatic rings. The van der Waals surface area contributed by atoms with Crippen molar-refractivity contribution < 1.29 is 4.79 Å². The summed E-state index contributed by atoms with van der Waals surface area (Å²) in [5.41, 5.74) is 0.835. The maximum atomic E-state index is 11.2. The number of anilines is 1. The predicted octanol–water partition coefficient (Wildman–Crippen LogP) is 2.48. The van der Waals surface area contributed by atoms with Crippen LogP contribution in [0.3, 0.4) is 0 Å². The lowest BCUT2D eigenvalue weighted by atomic mass is 10.3. The van der Waals surface area contributed by atoms with E-state index in [4.69, 9.17) is 11.6 Å². The van der Waals surface area contributed by atoms with E-state index in [0.717, 1.165) is 12.1 Å². The van der Waals surface area contributed by atoms with Crippen molar-refractivity contribution in [2.45, 2.75) is 12.8 Å². The Bertz CT molecular complexity index is 278. The van der Waals surface area contributed by atoms with Gasteiger partial charge in [0.25, 0.3) is 0 Å². The molecule has 0 unspecified atom stereocenters. The van der Waals surface area contributed by atoms with E-state index in [0.29, 0.717) is 12.3 Å². The lowest BCUT2D eigenvalue weighted by molar-refractivity contribution is -0.116. The molecule has 4 heteroatoms. The zero-order valence-corrected chi connectivity index (χ0v) is 10.6. The summed E-state index contributed by atoms with van der Waals surface area (Å²) in [6, 6.07) is 9.40. The van der Waals surface area contributed by atoms with Gasteiger partial charge >= 0.3 is 0 Å². The molecule has 3 nitrogen and oxygen atoms in total. The van der Waals surface area contributed by atoms with E-state index in [9.17, 15) is 4.79 Å². The summed E-state index contributed by atoms with van der Waals surface area (Å²) in [6.45, 7) is 0. The molecule has 1 rings (SSSR count). The van der Waals surface area contributed by atoms with Gasteiger partial charge in [-0.1, -0.05) is 18.2 Å². The second-order valence-corrected chi connectivity index (χ2v) is 3.58. The first-order valence-corrected chi connectivity index (χ1v) is 5.77. The van der Waals surface area contributed by atoms with E-state index in [1.165, 1.54) is 0 Å². The Hall–Kier alpha value is -1.06. The summed E-state index contributed by atoms with van der Waals surface area (Å²) in [6.07, 6.45) is 1.21. The third-order valence-corrected chi connectivity index (χ3v) is 1.86. The van der Waals surface area contributed by atoms with Crippen molar-refractivity contribution in [1.29, 1.82) is 0 Å². The summed E-state index contributed by atoms with van der Waals surface area (Å²) in [5, 5.41) is 5.53. The Labute approximate surface area is 102 Å². The van der Waals surface area contributed by atoms with Crippen LogP contribution in [0.1, 0.15) is 12.8 Å². The average molecular weight is 243 g/mol. The maximum Gasteiger partial charge on any atom is 0.224 e. The largest absolute Gasteiger partial charge is 0.326 e. The molecule has 0 fully saturated rings. The monoisotopic (exact) mass is 242 g/mol. The standard InChI is InChI=1S/C10H12ClNO.C2H7N/c11-8-4-7-10(13)12-9-5-2-1-3-6-9;1-3-2/h1-3,5-6H,4,7-8H2,(H,12,13);3H,1-2H3. The molecular weight excluding hydrogens is 224 g/mol. The van der Waals surface area contributed by atoms with Crippen molar-refractivity contribution in [2.75, 3.05) is 25.3 Å². The number of rotatable bonds is 4. The van der Waals surface area contributed by atoms with Gasteiger partial charge in [0.05, 0.1) is 0 Å². The molecule has 0 aliphatic carbocycles. The number of amides is 1. The van der Waals surface area contributed by atoms with E-state index in [1.54, 1.807) is 0 Å². The average Bonchev–Trinajstić information content (AvgIpc) is 2.29. The van der Waals surface area contributed by atoms with E-state index in [1.807, 2.05) is 44.4 Å². The number of nitrogens with one attached hydrogen (secondary N) is 2. The molecule has 2 N–H and O–H groups in total. The quantitative estimate of drug-likeness (QED) is 0.797. The van der Waals surface area contributed by atoms with Crippen LogP contribution >= 0.6 is 11.6 Å². The molecule has 0 aliphatic rings. The van der Waals surface area contributed by atoms with Crippen molar-refractivity contribution in [1.82, 2.24) is 5.32 Å². The molecule has 90 valence electrons. The summed E-state index contributed by atoms with van der Waals surface area (Å²) in [5.74, 6) is 0.550. The summed E-state index contributed by atoms with van der Waals surface area (Å²) < 4.78 is 0. The number of para-hydroxylation sites is 1. The molecule has 16 heavy (non-hydrogen) atoms. The molecule has 0 saturated carbocycles. The highest BCUT2D eigenvalue weighted by Gasteiger charge is 1.99. The number of alkyl halides is 1. The van der Waals surface area contributed by atoms with Crippen molar-refractivity contribution in [2.24, 2.45) is 0 Å². The van der Waals surface area contributed by atoms with Crippen LogP contribution < -0.4 is 10.6 Å². The Balaban J connectivity index is 0.000000673. The molecule has 0 spiro atoms. The van der Waals surface area contributed by atoms with E-state index in [2.05, 4.69) is 10.6 Å². The third-order valence-electron chi connectivity index (χ3n) is 1.60. The minimum Gasteiger partial charge on any atom is -0.326 e. The van der Waals surface area contributed by atoms with Gasteiger partial charge in [-0.2, -0.15) is 0 Å². The predicted molar refractivity (Wildman–Crippen MR) is 70.0 cm³/mol. The van der Waals surface area contributed by atoms with E-state index in [-0.39, 0.29) is 5.91 Å². The van der Waals surface area contributed by atoms with Crippen molar-refractivity contribution in [3.63, 3.8) is 0 Å². The van der Waals surface area contributed by atoms with Gasteiger partial charge in [0.2, 0.25) is 5.91 Å². The molecule has 0 radical (unpaired) electrons. The number of hydrogen-bond acceptors (Lipinski definition) is 2. The third kappa shape index (κ3) is 8.26. The maximum absolute atomic E-state index is 11.2. The second-order valence-electron chi connectivity index (χ2n) is 3.21. The van der Waals surface area contributed by atoms with E-state index < -0.39 is 0 Å². The lowest BCUT2D eigenvalue weighted by Crippen LogP contribution is -2.10. The molecule has 0 heterocycles. The normalized spacial score (nSPS) is 8.94. The summed E-state index contributed by atoms with van der Waals surface area (Å²) in [4.78, 5) is 11.2. The van der Waals surface area contributed by atoms with Crippen molar-refractivity contribution in [3.05, 3.63) is 30.3 Å². The molecule has 1 aromatic carbocycles. The summed E-state index contributed by atoms with van der Waals surface area (Å²) in [7, 11) is 3.75. The van der Waals surface area contributed by atoms with Gasteiger partial charge in [-0.3, -0.25) is 4.79 Å². The van der Waals surface area contributed by atoms with Crippen molar-refractivity contribution in [3.8, 4) is 0 Å². The van der Waals surface area contributed by atoms with Crippen LogP contribution in [0.15, 0.2) is 30.3 Å². The Morgan fingerprint density at radius 2 is 1.81 bits per heavy atom. The van der Waals surface area contributed by atoms with Gasteiger partial charge in [0, 0.05) is 18.0 Å². The zero-order valence-electron chi connectivity index (χ0n) is 9.79. The fourth-order valence-corrected chi connectivity index (χ4v) is 1.11. The second kappa shape index (κ2) is 10.5. The molecule has 0 atom stereocenters. The van der Waals surface area contributed by atoms with Gasteiger partial charge < -0.3 is 10.6 Å². The molecule has 0 bridgehead atoms. The highest BCUT2D eigenvalue weighted by Crippen LogP contribution is 2.05. The number of carbonyl (C=O) groups is 1. The number of benzene rings is 1. The number of carbonyl (C=O) groups excluding carboxylic acids is 1. The highest BCUT2D eigenvalue weighted by molar-refractivity contribution is 6.18. The molecule has 1 amide bonds. The first-order valence-electron chi connectivity index (χ1n) is 5.24. The fourth-order valence-electron chi connectivity index (χ4n) is 0.972. The SMILES string of the molecule is CNC.O=C(CCCCl)Nc1ccccc1. The van der Waals surface area contributed by atoms with Crippen molar-refractivity contribution >= 4 is 23.2 Å². The minimum atomic E-state index is 0.0202. The van der Waals surface area contributed by atoms with Crippen LogP contribution in [-0.4, -0.2) is 25.9 Å². The van der Waals surface area contributed by atoms with Crippen LogP contribution in [0, 0.1) is 0 Å². The molecule has 0 aromatic heterocycles. The van der Waals surface area contributed by atoms with Gasteiger partial charge in [0.1, 0.15) is 0 Å². The molecule has 0 saturated heterocycles. The van der Waals surface area contributed by atoms with Gasteiger partial charge in [0.15, 0.2) is 0 Å². The number of hydrogen-bond donors (Lipinski definition) is 2. The van der Waals surface area contributed by atoms with E-state index >= 15 is 0 Å². The lowest BCUT2D eigenvalue weighted by Gasteiger charge is -2.02. The Kier molecular flexibility index (Phi) is 9.76. The first-order chi connectivity index (χ1) is 7.74. The molecular formula is C12H19ClN2O. The smallest absolute Gasteiger partial charge is 0.224 e. The molecule has 0 aliphatic heterocycles. The van der Waals surface area contributed by atoms with Crippen LogP contribution in [0.5, 0.6) is 0 Å². The van der Waals surface area contributed by atoms with Crippen LogP contribution in [0.2, 0.25) is 0 Å². The topological polar surface area (TPSA) is 41.1 Å². The van der Waals surface area contributed by atoms with Gasteiger partial charge in [-0.15, -0.1) is 11.6 Å². The van der Waals surface area contributed by atoms with Gasteiger partial charge in [-0.25, -0.2) is 0 Å². The minimum absolute atomic E-state index is 0.0202. The zero-order chi connectivity index (χ0) is 12.2. The van der Waals surface area contributed by atoms with Gasteiger partial charge in [-0.05, 0) is 32.6 Å². The van der Waals surface area contributed by atoms with Crippen LogP contribution in [-0.2, 0) is 4.79 Å².